The van der Waals surface area contributed by atoms with Crippen molar-refractivity contribution in [3.63, 3.8) is 0 Å². The summed E-state index contributed by atoms with van der Waals surface area (Å²) < 4.78 is 5.56. The van der Waals surface area contributed by atoms with Crippen molar-refractivity contribution in [3.05, 3.63) is 80.7 Å². The number of ether oxygens (including phenoxy) is 1. The van der Waals surface area contributed by atoms with Crippen LogP contribution in [0.15, 0.2) is 60.1 Å². The highest BCUT2D eigenvalue weighted by atomic mass is 35.5. The van der Waals surface area contributed by atoms with Gasteiger partial charge in [-0.25, -0.2) is 0 Å². The number of hydrogen-bond acceptors (Lipinski definition) is 8. The summed E-state index contributed by atoms with van der Waals surface area (Å²) in [5.41, 5.74) is 11.7. The summed E-state index contributed by atoms with van der Waals surface area (Å²) in [5, 5.41) is 20.8. The van der Waals surface area contributed by atoms with Crippen LogP contribution in [-0.4, -0.2) is 35.3 Å². The predicted octanol–water partition coefficient (Wildman–Crippen LogP) is 6.51. The van der Waals surface area contributed by atoms with Gasteiger partial charge in [-0.15, -0.1) is 5.53 Å². The summed E-state index contributed by atoms with van der Waals surface area (Å²) >= 11 is 19.1. The van der Waals surface area contributed by atoms with Crippen molar-refractivity contribution in [1.82, 2.24) is 21.0 Å². The monoisotopic (exact) mass is 569 g/mol. The first-order valence-electron chi connectivity index (χ1n) is 12.1. The lowest BCUT2D eigenvalue weighted by molar-refractivity contribution is 0.153. The fraction of sp³-hybridized carbons (Fsp3) is 0.259. The van der Waals surface area contributed by atoms with Gasteiger partial charge in [0.1, 0.15) is 6.07 Å². The van der Waals surface area contributed by atoms with Crippen molar-refractivity contribution in [2.45, 2.75) is 32.4 Å². The van der Waals surface area contributed by atoms with Crippen LogP contribution in [0.2, 0.25) is 15.1 Å². The van der Waals surface area contributed by atoms with Gasteiger partial charge in [0.2, 0.25) is 0 Å². The van der Waals surface area contributed by atoms with Crippen LogP contribution in [0.4, 0.5) is 17.1 Å². The minimum absolute atomic E-state index is 0.151. The molecule has 1 aromatic heterocycles. The highest BCUT2D eigenvalue weighted by Gasteiger charge is 2.26. The Morgan fingerprint density at radius 3 is 2.61 bits per heavy atom. The van der Waals surface area contributed by atoms with E-state index >= 15 is 0 Å². The van der Waals surface area contributed by atoms with Gasteiger partial charge in [0.25, 0.3) is 0 Å². The molecule has 5 rings (SSSR count). The second kappa shape index (κ2) is 11.3. The predicted molar refractivity (Wildman–Crippen MR) is 153 cm³/mol. The Labute approximate surface area is 236 Å². The highest BCUT2D eigenvalue weighted by molar-refractivity contribution is 6.42. The molecule has 2 aromatic carbocycles. The van der Waals surface area contributed by atoms with E-state index in [9.17, 15) is 5.26 Å². The van der Waals surface area contributed by atoms with E-state index in [4.69, 9.17) is 39.5 Å². The summed E-state index contributed by atoms with van der Waals surface area (Å²) in [4.78, 5) is 4.46. The summed E-state index contributed by atoms with van der Waals surface area (Å²) in [7, 11) is 0. The molecule has 0 spiro atoms. The quantitative estimate of drug-likeness (QED) is 0.239. The minimum Gasteiger partial charge on any atom is -0.377 e. The maximum Gasteiger partial charge on any atom is 0.103 e. The largest absolute Gasteiger partial charge is 0.377 e. The molecule has 0 radical (unpaired) electrons. The molecule has 1 atom stereocenters. The van der Waals surface area contributed by atoms with Gasteiger partial charge >= 0.3 is 0 Å². The lowest BCUT2D eigenvalue weighted by Crippen LogP contribution is -2.42. The molecule has 11 heteroatoms. The van der Waals surface area contributed by atoms with Gasteiger partial charge in [-0.2, -0.15) is 5.26 Å². The van der Waals surface area contributed by atoms with Gasteiger partial charge in [0.05, 0.1) is 56.8 Å². The zero-order valence-corrected chi connectivity index (χ0v) is 23.0. The second-order valence-corrected chi connectivity index (χ2v) is 10.5. The number of nitrogens with one attached hydrogen (secondary N) is 4. The third kappa shape index (κ3) is 5.48. The number of hydrogen-bond donors (Lipinski definition) is 4. The Hall–Kier alpha value is -3.19. The molecule has 4 N–H and O–H groups in total. The first-order chi connectivity index (χ1) is 18.3. The number of rotatable bonds is 7. The zero-order chi connectivity index (χ0) is 26.8. The number of hydrazine groups is 2. The van der Waals surface area contributed by atoms with Gasteiger partial charge in [-0.3, -0.25) is 9.99 Å². The van der Waals surface area contributed by atoms with Crippen LogP contribution in [0, 0.1) is 11.3 Å². The Kier molecular flexibility index (Phi) is 7.84. The third-order valence-corrected chi connectivity index (χ3v) is 7.42. The fourth-order valence-corrected chi connectivity index (χ4v) is 4.96. The normalized spacial score (nSPS) is 16.1. The first-order valence-corrected chi connectivity index (χ1v) is 13.3. The second-order valence-electron chi connectivity index (χ2n) is 9.27. The molecule has 0 fully saturated rings. The van der Waals surface area contributed by atoms with Gasteiger partial charge < -0.3 is 20.8 Å². The van der Waals surface area contributed by atoms with E-state index in [2.05, 4.69) is 58.8 Å². The molecule has 38 heavy (non-hydrogen) atoms. The molecular weight excluding hydrogens is 545 g/mol. The lowest BCUT2D eigenvalue weighted by atomic mass is 9.99. The van der Waals surface area contributed by atoms with E-state index in [0.29, 0.717) is 56.1 Å². The van der Waals surface area contributed by atoms with E-state index in [1.54, 1.807) is 18.2 Å². The molecule has 196 valence electrons. The van der Waals surface area contributed by atoms with Crippen LogP contribution in [0.3, 0.4) is 0 Å². The molecule has 0 bridgehead atoms. The molecule has 2 aliphatic rings. The SMILES string of the molecule is CC(C)N1C=C([C@@H](Nc2cc(Cl)c3ncc(C#N)c(Nc4ccc(Cl)c(Cl)c4)c3c2)C2=CCOCC2)NN1. The Balaban J connectivity index is 1.57. The summed E-state index contributed by atoms with van der Waals surface area (Å²) in [6, 6.07) is 11.3. The average Bonchev–Trinajstić information content (AvgIpc) is 3.41. The topological polar surface area (TPSA) is 97.3 Å². The van der Waals surface area contributed by atoms with E-state index in [0.717, 1.165) is 17.8 Å². The van der Waals surface area contributed by atoms with Crippen molar-refractivity contribution < 1.29 is 4.74 Å². The zero-order valence-electron chi connectivity index (χ0n) is 20.8. The molecule has 3 heterocycles. The number of anilines is 3. The smallest absolute Gasteiger partial charge is 0.103 e. The fourth-order valence-electron chi connectivity index (χ4n) is 4.39. The van der Waals surface area contributed by atoms with Crippen molar-refractivity contribution >= 4 is 62.8 Å². The molecule has 0 saturated heterocycles. The summed E-state index contributed by atoms with van der Waals surface area (Å²) in [6.07, 6.45) is 6.48. The average molecular weight is 571 g/mol. The van der Waals surface area contributed by atoms with Crippen molar-refractivity contribution in [2.75, 3.05) is 23.8 Å². The number of benzene rings is 2. The van der Waals surface area contributed by atoms with Gasteiger partial charge in [0.15, 0.2) is 0 Å². The minimum atomic E-state index is -0.151. The Morgan fingerprint density at radius 2 is 1.92 bits per heavy atom. The Morgan fingerprint density at radius 1 is 1.11 bits per heavy atom. The van der Waals surface area contributed by atoms with E-state index < -0.39 is 0 Å². The molecule has 0 saturated carbocycles. The van der Waals surface area contributed by atoms with Crippen LogP contribution >= 0.6 is 34.8 Å². The van der Waals surface area contributed by atoms with E-state index in [1.807, 2.05) is 17.1 Å². The number of pyridine rings is 1. The first kappa shape index (κ1) is 26.4. The molecule has 0 amide bonds. The number of halogens is 3. The number of nitriles is 1. The van der Waals surface area contributed by atoms with Crippen LogP contribution in [0.25, 0.3) is 10.9 Å². The molecular formula is C27H26Cl3N7O. The van der Waals surface area contributed by atoms with E-state index in [1.165, 1.54) is 11.8 Å². The maximum atomic E-state index is 9.85. The van der Waals surface area contributed by atoms with Crippen LogP contribution in [0.5, 0.6) is 0 Å². The maximum absolute atomic E-state index is 9.85. The summed E-state index contributed by atoms with van der Waals surface area (Å²) in [6.45, 7) is 5.43. The molecule has 3 aromatic rings. The standard InChI is InChI=1S/C27H26Cl3N7O/c1-15(2)37-14-24(35-36-37)26(16-5-7-38-8-6-16)34-19-9-20-25(33-18-3-4-21(28)22(29)10-18)17(12-31)13-32-27(20)23(30)11-19/h3-5,9-11,13-15,26,34-36H,6-8H2,1-2H3,(H,32,33)/t26-/m0/s1. The van der Waals surface area contributed by atoms with E-state index in [-0.39, 0.29) is 12.1 Å². The van der Waals surface area contributed by atoms with Gasteiger partial charge in [0, 0.05) is 35.2 Å². The van der Waals surface area contributed by atoms with Crippen molar-refractivity contribution in [3.8, 4) is 6.07 Å². The van der Waals surface area contributed by atoms with Crippen LogP contribution in [0.1, 0.15) is 25.8 Å². The highest BCUT2D eigenvalue weighted by Crippen LogP contribution is 2.37. The molecule has 0 unspecified atom stereocenters. The molecule has 2 aliphatic heterocycles. The van der Waals surface area contributed by atoms with Crippen molar-refractivity contribution in [2.24, 2.45) is 0 Å². The van der Waals surface area contributed by atoms with Crippen LogP contribution in [-0.2, 0) is 4.74 Å². The lowest BCUT2D eigenvalue weighted by Gasteiger charge is -2.26. The van der Waals surface area contributed by atoms with Gasteiger partial charge in [-0.1, -0.05) is 40.9 Å². The number of nitrogens with zero attached hydrogens (tertiary/aromatic N) is 3. The number of fused-ring (bicyclic) bond motifs is 1. The number of aromatic nitrogens is 1. The summed E-state index contributed by atoms with van der Waals surface area (Å²) in [5.74, 6) is 0. The molecule has 0 aliphatic carbocycles. The molecule has 8 nitrogen and oxygen atoms in total. The van der Waals surface area contributed by atoms with Gasteiger partial charge in [-0.05, 0) is 56.2 Å². The third-order valence-electron chi connectivity index (χ3n) is 6.39. The Bertz CT molecular complexity index is 1480. The van der Waals surface area contributed by atoms with Crippen LogP contribution < -0.4 is 21.6 Å². The van der Waals surface area contributed by atoms with Crippen molar-refractivity contribution in [1.29, 1.82) is 5.26 Å².